The molecule has 3 aromatic carbocycles. The van der Waals surface area contributed by atoms with Crippen LogP contribution < -0.4 is 24.8 Å². The van der Waals surface area contributed by atoms with Gasteiger partial charge in [-0.25, -0.2) is 0 Å². The molecule has 2 N–H and O–H groups in total. The highest BCUT2D eigenvalue weighted by Crippen LogP contribution is 2.30. The number of ether oxygens (including phenoxy) is 3. The van der Waals surface area contributed by atoms with Gasteiger partial charge in [-0.2, -0.15) is 0 Å². The molecule has 2 heterocycles. The van der Waals surface area contributed by atoms with Gasteiger partial charge in [0.15, 0.2) is 11.5 Å². The van der Waals surface area contributed by atoms with Gasteiger partial charge in [0, 0.05) is 19.6 Å². The van der Waals surface area contributed by atoms with E-state index in [1.165, 1.54) is 4.90 Å². The molecule has 11 heteroatoms. The molecule has 0 radical (unpaired) electrons. The van der Waals surface area contributed by atoms with Crippen LogP contribution in [0.25, 0.3) is 0 Å². The highest BCUT2D eigenvalue weighted by atomic mass is 16.6. The van der Waals surface area contributed by atoms with Crippen molar-refractivity contribution in [2.24, 2.45) is 0 Å². The number of amides is 4. The summed E-state index contributed by atoms with van der Waals surface area (Å²) in [4.78, 5) is 57.2. The molecule has 0 aromatic heterocycles. The van der Waals surface area contributed by atoms with E-state index in [2.05, 4.69) is 10.6 Å². The van der Waals surface area contributed by atoms with Crippen molar-refractivity contribution in [1.82, 2.24) is 20.4 Å². The topological polar surface area (TPSA) is 127 Å². The van der Waals surface area contributed by atoms with Crippen LogP contribution in [0.1, 0.15) is 34.8 Å². The molecule has 0 fully saturated rings. The van der Waals surface area contributed by atoms with E-state index in [4.69, 9.17) is 14.2 Å². The standard InChI is InChI=1S/C34H38N4O7/c1-2-37-16-17-43-28-11-7-6-10-26(28)33(41)36-27(21-31(39)38(23-32(37)40)22-25-8-4-3-5-9-25)34(42)35-15-14-24-12-13-29-30(20-24)45-19-18-44-29/h3-13,20,27H,2,14-19,21-23H2,1H3,(H,35,42)(H,36,41)/t27-/m0/s1. The SMILES string of the molecule is CCN1CCOc2ccccc2C(=O)N[C@H](C(=O)NCCc2ccc3c(c2)OCCO3)CC(=O)N(Cc2ccccc2)CC1=O. The number of nitrogens with zero attached hydrogens (tertiary/aromatic N) is 2. The van der Waals surface area contributed by atoms with Gasteiger partial charge in [-0.15, -0.1) is 0 Å². The molecule has 3 aromatic rings. The zero-order chi connectivity index (χ0) is 31.6. The van der Waals surface area contributed by atoms with Crippen LogP contribution in [0.2, 0.25) is 0 Å². The molecule has 45 heavy (non-hydrogen) atoms. The molecule has 0 saturated carbocycles. The van der Waals surface area contributed by atoms with Gasteiger partial charge in [0.1, 0.15) is 38.2 Å². The minimum atomic E-state index is -1.20. The third-order valence-electron chi connectivity index (χ3n) is 7.70. The van der Waals surface area contributed by atoms with E-state index in [1.54, 1.807) is 29.2 Å². The first-order chi connectivity index (χ1) is 21.9. The number of benzene rings is 3. The van der Waals surface area contributed by atoms with Crippen LogP contribution in [-0.4, -0.2) is 85.5 Å². The first-order valence-corrected chi connectivity index (χ1v) is 15.2. The molecule has 5 rings (SSSR count). The number of para-hydroxylation sites is 1. The van der Waals surface area contributed by atoms with Crippen LogP contribution in [0.3, 0.4) is 0 Å². The van der Waals surface area contributed by atoms with Crippen molar-refractivity contribution in [2.45, 2.75) is 32.4 Å². The quantitative estimate of drug-likeness (QED) is 0.419. The first kappa shape index (κ1) is 31.4. The molecular formula is C34H38N4O7. The zero-order valence-electron chi connectivity index (χ0n) is 25.3. The zero-order valence-corrected chi connectivity index (χ0v) is 25.3. The minimum absolute atomic E-state index is 0.153. The molecule has 4 amide bonds. The fourth-order valence-electron chi connectivity index (χ4n) is 5.25. The van der Waals surface area contributed by atoms with E-state index in [-0.39, 0.29) is 50.7 Å². The van der Waals surface area contributed by atoms with E-state index in [0.717, 1.165) is 11.1 Å². The highest BCUT2D eigenvalue weighted by Gasteiger charge is 2.30. The molecule has 1 atom stereocenters. The van der Waals surface area contributed by atoms with Gasteiger partial charge in [0.2, 0.25) is 17.7 Å². The second-order valence-electron chi connectivity index (χ2n) is 10.8. The van der Waals surface area contributed by atoms with Gasteiger partial charge in [-0.3, -0.25) is 19.2 Å². The number of fused-ring (bicyclic) bond motifs is 2. The number of hydrogen-bond acceptors (Lipinski definition) is 7. The van der Waals surface area contributed by atoms with Crippen molar-refractivity contribution in [3.8, 4) is 17.2 Å². The fraction of sp³-hybridized carbons (Fsp3) is 0.353. The van der Waals surface area contributed by atoms with Crippen LogP contribution in [0.5, 0.6) is 17.2 Å². The summed E-state index contributed by atoms with van der Waals surface area (Å²) in [6.45, 7) is 3.95. The van der Waals surface area contributed by atoms with Gasteiger partial charge in [0.05, 0.1) is 18.5 Å². The summed E-state index contributed by atoms with van der Waals surface area (Å²) in [5, 5.41) is 5.62. The van der Waals surface area contributed by atoms with Crippen LogP contribution in [0.15, 0.2) is 72.8 Å². The molecule has 2 aliphatic rings. The van der Waals surface area contributed by atoms with Crippen molar-refractivity contribution >= 4 is 23.6 Å². The Morgan fingerprint density at radius 1 is 0.822 bits per heavy atom. The number of hydrogen-bond donors (Lipinski definition) is 2. The Bertz CT molecular complexity index is 1510. The number of rotatable bonds is 7. The van der Waals surface area contributed by atoms with Crippen molar-refractivity contribution in [2.75, 3.05) is 46.0 Å². The Balaban J connectivity index is 1.36. The van der Waals surface area contributed by atoms with Crippen molar-refractivity contribution in [3.63, 3.8) is 0 Å². The summed E-state index contributed by atoms with van der Waals surface area (Å²) in [7, 11) is 0. The molecule has 0 aliphatic carbocycles. The third kappa shape index (κ3) is 8.31. The van der Waals surface area contributed by atoms with E-state index in [9.17, 15) is 19.2 Å². The minimum Gasteiger partial charge on any atom is -0.491 e. The van der Waals surface area contributed by atoms with Gasteiger partial charge >= 0.3 is 0 Å². The predicted molar refractivity (Wildman–Crippen MR) is 166 cm³/mol. The Hall–Kier alpha value is -5.06. The van der Waals surface area contributed by atoms with Crippen molar-refractivity contribution < 1.29 is 33.4 Å². The van der Waals surface area contributed by atoms with Gasteiger partial charge < -0.3 is 34.6 Å². The average Bonchev–Trinajstić information content (AvgIpc) is 3.06. The molecule has 236 valence electrons. The summed E-state index contributed by atoms with van der Waals surface area (Å²) in [5.41, 5.74) is 2.00. The van der Waals surface area contributed by atoms with Gasteiger partial charge in [0.25, 0.3) is 5.91 Å². The number of carbonyl (C=O) groups is 4. The maximum absolute atomic E-state index is 13.8. The fourth-order valence-corrected chi connectivity index (χ4v) is 5.25. The lowest BCUT2D eigenvalue weighted by atomic mass is 10.1. The normalized spacial score (nSPS) is 17.4. The number of carbonyl (C=O) groups excluding carboxylic acids is 4. The molecule has 2 aliphatic heterocycles. The molecule has 0 bridgehead atoms. The van der Waals surface area contributed by atoms with Crippen LogP contribution >= 0.6 is 0 Å². The van der Waals surface area contributed by atoms with Crippen molar-refractivity contribution in [1.29, 1.82) is 0 Å². The molecule has 0 unspecified atom stereocenters. The van der Waals surface area contributed by atoms with Crippen LogP contribution in [0, 0.1) is 0 Å². The summed E-state index contributed by atoms with van der Waals surface area (Å²) in [5.74, 6) is -0.0616. The second kappa shape index (κ2) is 15.1. The number of likely N-dealkylation sites (N-methyl/N-ethyl adjacent to an activating group) is 1. The Morgan fingerprint density at radius 2 is 1.56 bits per heavy atom. The Labute approximate surface area is 262 Å². The lowest BCUT2D eigenvalue weighted by molar-refractivity contribution is -0.142. The average molecular weight is 615 g/mol. The third-order valence-corrected chi connectivity index (χ3v) is 7.70. The van der Waals surface area contributed by atoms with E-state index in [1.807, 2.05) is 55.5 Å². The predicted octanol–water partition coefficient (Wildman–Crippen LogP) is 2.57. The van der Waals surface area contributed by atoms with E-state index in [0.29, 0.717) is 43.4 Å². The van der Waals surface area contributed by atoms with Gasteiger partial charge in [-0.05, 0) is 48.7 Å². The van der Waals surface area contributed by atoms with Crippen LogP contribution in [0.4, 0.5) is 0 Å². The second-order valence-corrected chi connectivity index (χ2v) is 10.8. The molecule has 11 nitrogen and oxygen atoms in total. The monoisotopic (exact) mass is 614 g/mol. The maximum Gasteiger partial charge on any atom is 0.255 e. The summed E-state index contributed by atoms with van der Waals surface area (Å²) in [6, 6.07) is 20.4. The maximum atomic E-state index is 13.8. The van der Waals surface area contributed by atoms with E-state index < -0.39 is 23.8 Å². The summed E-state index contributed by atoms with van der Waals surface area (Å²) >= 11 is 0. The molecule has 0 saturated heterocycles. The Kier molecular flexibility index (Phi) is 10.5. The van der Waals surface area contributed by atoms with Crippen LogP contribution in [-0.2, 0) is 27.3 Å². The van der Waals surface area contributed by atoms with Gasteiger partial charge in [-0.1, -0.05) is 48.5 Å². The highest BCUT2D eigenvalue weighted by molar-refractivity contribution is 6.01. The summed E-state index contributed by atoms with van der Waals surface area (Å²) in [6.07, 6.45) is 0.159. The number of nitrogens with one attached hydrogen (secondary N) is 2. The molecular weight excluding hydrogens is 576 g/mol. The van der Waals surface area contributed by atoms with E-state index >= 15 is 0 Å². The lowest BCUT2D eigenvalue weighted by Crippen LogP contribution is -2.51. The van der Waals surface area contributed by atoms with Crippen molar-refractivity contribution in [3.05, 3.63) is 89.5 Å². The first-order valence-electron chi connectivity index (χ1n) is 15.2. The Morgan fingerprint density at radius 3 is 2.36 bits per heavy atom. The largest absolute Gasteiger partial charge is 0.491 e. The smallest absolute Gasteiger partial charge is 0.255 e. The summed E-state index contributed by atoms with van der Waals surface area (Å²) < 4.78 is 17.2. The molecule has 0 spiro atoms. The lowest BCUT2D eigenvalue weighted by Gasteiger charge is -2.29.